The summed E-state index contributed by atoms with van der Waals surface area (Å²) in [7, 11) is 0. The Kier molecular flexibility index (Phi) is 7.00. The van der Waals surface area contributed by atoms with Crippen LogP contribution in [-0.2, 0) is 4.79 Å². The number of nitrogens with zero attached hydrogens (tertiary/aromatic N) is 3. The van der Waals surface area contributed by atoms with E-state index in [4.69, 9.17) is 0 Å². The van der Waals surface area contributed by atoms with Gasteiger partial charge in [-0.3, -0.25) is 4.79 Å². The van der Waals surface area contributed by atoms with Crippen LogP contribution in [0.4, 0.5) is 11.6 Å². The molecule has 6 heteroatoms. The summed E-state index contributed by atoms with van der Waals surface area (Å²) >= 11 is 0. The number of piperidine rings is 1. The van der Waals surface area contributed by atoms with Crippen molar-refractivity contribution in [2.45, 2.75) is 33.1 Å². The van der Waals surface area contributed by atoms with E-state index in [1.54, 1.807) is 6.08 Å². The van der Waals surface area contributed by atoms with Crippen LogP contribution in [0, 0.1) is 13.8 Å². The van der Waals surface area contributed by atoms with Crippen LogP contribution < -0.4 is 15.5 Å². The number of carbonyl (C=O) groups excluding carboxylic acids is 1. The second-order valence-corrected chi connectivity index (χ2v) is 7.11. The molecule has 1 aromatic heterocycles. The van der Waals surface area contributed by atoms with E-state index in [1.807, 2.05) is 50.3 Å². The third-order valence-corrected chi connectivity index (χ3v) is 4.84. The number of anilines is 2. The van der Waals surface area contributed by atoms with Gasteiger partial charge in [-0.05, 0) is 50.3 Å². The van der Waals surface area contributed by atoms with Gasteiger partial charge in [0.1, 0.15) is 17.5 Å². The van der Waals surface area contributed by atoms with E-state index >= 15 is 0 Å². The molecule has 1 amide bonds. The van der Waals surface area contributed by atoms with Crippen LogP contribution in [-0.4, -0.2) is 42.1 Å². The highest BCUT2D eigenvalue weighted by atomic mass is 16.1. The van der Waals surface area contributed by atoms with Crippen molar-refractivity contribution in [3.05, 3.63) is 53.4 Å². The normalized spacial score (nSPS) is 14.3. The van der Waals surface area contributed by atoms with Gasteiger partial charge in [0.05, 0.1) is 0 Å². The SMILES string of the molecule is Cc1nc(NCCNC(=O)/C=C/c2ccccc2C)cc(N2CCCCC2)n1. The number of carbonyl (C=O) groups is 1. The van der Waals surface area contributed by atoms with Crippen molar-refractivity contribution in [2.24, 2.45) is 0 Å². The molecule has 0 atom stereocenters. The van der Waals surface area contributed by atoms with Crippen LogP contribution in [0.1, 0.15) is 36.2 Å². The third kappa shape index (κ3) is 5.81. The molecule has 148 valence electrons. The molecule has 3 rings (SSSR count). The van der Waals surface area contributed by atoms with Crippen molar-refractivity contribution in [1.29, 1.82) is 0 Å². The summed E-state index contributed by atoms with van der Waals surface area (Å²) in [6, 6.07) is 9.99. The molecule has 0 bridgehead atoms. The average molecular weight is 380 g/mol. The maximum absolute atomic E-state index is 12.0. The number of hydrogen-bond acceptors (Lipinski definition) is 5. The summed E-state index contributed by atoms with van der Waals surface area (Å²) in [6.45, 7) is 7.19. The van der Waals surface area contributed by atoms with Gasteiger partial charge in [0.25, 0.3) is 0 Å². The highest BCUT2D eigenvalue weighted by Gasteiger charge is 2.13. The van der Waals surface area contributed by atoms with Gasteiger partial charge >= 0.3 is 0 Å². The number of rotatable bonds is 7. The zero-order valence-corrected chi connectivity index (χ0v) is 16.7. The Balaban J connectivity index is 1.46. The van der Waals surface area contributed by atoms with Crippen LogP contribution in [0.2, 0.25) is 0 Å². The fraction of sp³-hybridized carbons (Fsp3) is 0.409. The lowest BCUT2D eigenvalue weighted by atomic mass is 10.1. The molecule has 6 nitrogen and oxygen atoms in total. The number of benzene rings is 1. The largest absolute Gasteiger partial charge is 0.368 e. The standard InChI is InChI=1S/C22H29N5O/c1-17-8-4-5-9-19(17)10-11-22(28)24-13-12-23-20-16-21(26-18(2)25-20)27-14-6-3-7-15-27/h4-5,8-11,16H,3,6-7,12-15H2,1-2H3,(H,24,28)(H,23,25,26)/b11-10+. The molecule has 1 aromatic carbocycles. The quantitative estimate of drug-likeness (QED) is 0.570. The molecule has 0 spiro atoms. The zero-order valence-electron chi connectivity index (χ0n) is 16.7. The highest BCUT2D eigenvalue weighted by Crippen LogP contribution is 2.20. The minimum absolute atomic E-state index is 0.0991. The van der Waals surface area contributed by atoms with Gasteiger partial charge in [0.2, 0.25) is 5.91 Å². The summed E-state index contributed by atoms with van der Waals surface area (Å²) in [5, 5.41) is 6.18. The van der Waals surface area contributed by atoms with Gasteiger partial charge in [0, 0.05) is 38.3 Å². The lowest BCUT2D eigenvalue weighted by Gasteiger charge is -2.28. The Morgan fingerprint density at radius 1 is 1.11 bits per heavy atom. The first-order valence-electron chi connectivity index (χ1n) is 9.98. The number of aryl methyl sites for hydroxylation is 2. The maximum Gasteiger partial charge on any atom is 0.244 e. The van der Waals surface area contributed by atoms with Crippen LogP contribution in [0.3, 0.4) is 0 Å². The Hall–Kier alpha value is -2.89. The number of amides is 1. The van der Waals surface area contributed by atoms with Gasteiger partial charge in [-0.25, -0.2) is 9.97 Å². The fourth-order valence-corrected chi connectivity index (χ4v) is 3.30. The van der Waals surface area contributed by atoms with E-state index in [-0.39, 0.29) is 5.91 Å². The first-order chi connectivity index (χ1) is 13.6. The van der Waals surface area contributed by atoms with Gasteiger partial charge in [-0.15, -0.1) is 0 Å². The molecular formula is C22H29N5O. The van der Waals surface area contributed by atoms with Crippen molar-refractivity contribution < 1.29 is 4.79 Å². The topological polar surface area (TPSA) is 70.2 Å². The predicted octanol–water partition coefficient (Wildman–Crippen LogP) is 3.33. The monoisotopic (exact) mass is 379 g/mol. The van der Waals surface area contributed by atoms with Gasteiger partial charge in [-0.1, -0.05) is 24.3 Å². The van der Waals surface area contributed by atoms with Crippen LogP contribution in [0.5, 0.6) is 0 Å². The Morgan fingerprint density at radius 2 is 1.89 bits per heavy atom. The molecule has 2 heterocycles. The molecule has 28 heavy (non-hydrogen) atoms. The molecule has 2 N–H and O–H groups in total. The molecule has 0 saturated carbocycles. The average Bonchev–Trinajstić information content (AvgIpc) is 2.71. The minimum atomic E-state index is -0.0991. The molecule has 1 saturated heterocycles. The Bertz CT molecular complexity index is 827. The van der Waals surface area contributed by atoms with E-state index in [2.05, 4.69) is 25.5 Å². The van der Waals surface area contributed by atoms with Gasteiger partial charge in [-0.2, -0.15) is 0 Å². The predicted molar refractivity (Wildman–Crippen MR) is 115 cm³/mol. The first kappa shape index (κ1) is 19.9. The molecule has 1 aliphatic rings. The van der Waals surface area contributed by atoms with Gasteiger partial charge < -0.3 is 15.5 Å². The van der Waals surface area contributed by atoms with Crippen molar-refractivity contribution in [1.82, 2.24) is 15.3 Å². The first-order valence-corrected chi connectivity index (χ1v) is 9.98. The second kappa shape index (κ2) is 9.88. The zero-order chi connectivity index (χ0) is 19.8. The molecule has 1 fully saturated rings. The Morgan fingerprint density at radius 3 is 2.68 bits per heavy atom. The molecular weight excluding hydrogens is 350 g/mol. The third-order valence-electron chi connectivity index (χ3n) is 4.84. The summed E-state index contributed by atoms with van der Waals surface area (Å²) in [5.41, 5.74) is 2.20. The fourth-order valence-electron chi connectivity index (χ4n) is 3.30. The summed E-state index contributed by atoms with van der Waals surface area (Å²) in [4.78, 5) is 23.3. The molecule has 0 radical (unpaired) electrons. The smallest absolute Gasteiger partial charge is 0.244 e. The second-order valence-electron chi connectivity index (χ2n) is 7.11. The van der Waals surface area contributed by atoms with Crippen LogP contribution in [0.25, 0.3) is 6.08 Å². The van der Waals surface area contributed by atoms with Gasteiger partial charge in [0.15, 0.2) is 0 Å². The molecule has 0 unspecified atom stereocenters. The summed E-state index contributed by atoms with van der Waals surface area (Å²) in [5.74, 6) is 2.45. The van der Waals surface area contributed by atoms with E-state index in [0.717, 1.165) is 41.7 Å². The molecule has 2 aromatic rings. The van der Waals surface area contributed by atoms with Crippen molar-refractivity contribution in [3.8, 4) is 0 Å². The van der Waals surface area contributed by atoms with Crippen molar-refractivity contribution in [2.75, 3.05) is 36.4 Å². The number of hydrogen-bond donors (Lipinski definition) is 2. The van der Waals surface area contributed by atoms with E-state index in [9.17, 15) is 4.79 Å². The summed E-state index contributed by atoms with van der Waals surface area (Å²) < 4.78 is 0. The molecule has 1 aliphatic heterocycles. The summed E-state index contributed by atoms with van der Waals surface area (Å²) in [6.07, 6.45) is 7.15. The molecule has 0 aliphatic carbocycles. The Labute approximate surface area is 167 Å². The van der Waals surface area contributed by atoms with E-state index in [1.165, 1.54) is 19.3 Å². The maximum atomic E-state index is 12.0. The lowest BCUT2D eigenvalue weighted by Crippen LogP contribution is -2.30. The number of aromatic nitrogens is 2. The van der Waals surface area contributed by atoms with Crippen molar-refractivity contribution in [3.63, 3.8) is 0 Å². The van der Waals surface area contributed by atoms with Crippen LogP contribution >= 0.6 is 0 Å². The van der Waals surface area contributed by atoms with Crippen molar-refractivity contribution >= 4 is 23.6 Å². The highest BCUT2D eigenvalue weighted by molar-refractivity contribution is 5.91. The lowest BCUT2D eigenvalue weighted by molar-refractivity contribution is -0.116. The minimum Gasteiger partial charge on any atom is -0.368 e. The van der Waals surface area contributed by atoms with E-state index < -0.39 is 0 Å². The van der Waals surface area contributed by atoms with E-state index in [0.29, 0.717) is 13.1 Å². The van der Waals surface area contributed by atoms with Crippen LogP contribution in [0.15, 0.2) is 36.4 Å². The number of nitrogens with one attached hydrogen (secondary N) is 2.